The number of para-hydroxylation sites is 1. The van der Waals surface area contributed by atoms with Gasteiger partial charge in [0.2, 0.25) is 0 Å². The van der Waals surface area contributed by atoms with Gasteiger partial charge >= 0.3 is 0 Å². The molecule has 0 spiro atoms. The summed E-state index contributed by atoms with van der Waals surface area (Å²) < 4.78 is 11.5. The molecule has 0 bridgehead atoms. The monoisotopic (exact) mass is 358 g/mol. The van der Waals surface area contributed by atoms with Crippen LogP contribution in [0.25, 0.3) is 22.6 Å². The number of hydrogen-bond donors (Lipinski definition) is 0. The minimum absolute atomic E-state index is 0.0161. The number of hydrogen-bond acceptors (Lipinski definition) is 3. The zero-order valence-electron chi connectivity index (χ0n) is 16.1. The maximum Gasteiger partial charge on any atom is 0.193 e. The molecule has 0 N–H and O–H groups in total. The Morgan fingerprint density at radius 1 is 1.04 bits per heavy atom. The Morgan fingerprint density at radius 3 is 2.41 bits per heavy atom. The van der Waals surface area contributed by atoms with E-state index >= 15 is 0 Å². The molecule has 1 heterocycles. The number of allylic oxidation sites excluding steroid dienone is 2. The van der Waals surface area contributed by atoms with Crippen molar-refractivity contribution in [3.05, 3.63) is 81.8 Å². The highest BCUT2D eigenvalue weighted by Gasteiger charge is 2.32. The number of rotatable bonds is 3. The summed E-state index contributed by atoms with van der Waals surface area (Å²) in [6.07, 6.45) is 2.32. The molecule has 0 radical (unpaired) electrons. The number of benzene rings is 2. The molecule has 0 atom stereocenters. The summed E-state index contributed by atoms with van der Waals surface area (Å²) in [6, 6.07) is 14.0. The van der Waals surface area contributed by atoms with Crippen LogP contribution in [0.4, 0.5) is 0 Å². The molecule has 2 aromatic carbocycles. The van der Waals surface area contributed by atoms with E-state index < -0.39 is 0 Å². The Hall–Kier alpha value is -3.07. The van der Waals surface area contributed by atoms with Crippen molar-refractivity contribution in [1.29, 1.82) is 0 Å². The first-order chi connectivity index (χ1) is 13.0. The highest BCUT2D eigenvalue weighted by molar-refractivity contribution is 6.33. The van der Waals surface area contributed by atoms with Crippen LogP contribution in [0.1, 0.15) is 34.4 Å². The lowest BCUT2D eigenvalue weighted by atomic mass is 9.92. The van der Waals surface area contributed by atoms with E-state index in [-0.39, 0.29) is 5.78 Å². The average Bonchev–Trinajstić information content (AvgIpc) is 3.16. The van der Waals surface area contributed by atoms with E-state index in [2.05, 4.69) is 19.1 Å². The van der Waals surface area contributed by atoms with E-state index in [9.17, 15) is 4.79 Å². The number of Topliss-reactive ketones (excluding diaryl/α,β-unsaturated/α-hetero) is 1. The summed E-state index contributed by atoms with van der Waals surface area (Å²) in [5.41, 5.74) is 6.55. The van der Waals surface area contributed by atoms with Crippen molar-refractivity contribution >= 4 is 28.4 Å². The molecule has 0 fully saturated rings. The molecule has 0 amide bonds. The summed E-state index contributed by atoms with van der Waals surface area (Å²) in [5.74, 6) is 1.42. The van der Waals surface area contributed by atoms with Gasteiger partial charge in [0.1, 0.15) is 17.1 Å². The van der Waals surface area contributed by atoms with Crippen molar-refractivity contribution in [1.82, 2.24) is 0 Å². The maximum atomic E-state index is 13.2. The highest BCUT2D eigenvalue weighted by Crippen LogP contribution is 2.39. The molecule has 3 aromatic rings. The van der Waals surface area contributed by atoms with Gasteiger partial charge in [0, 0.05) is 17.4 Å². The van der Waals surface area contributed by atoms with Crippen LogP contribution in [0, 0.1) is 20.8 Å². The van der Waals surface area contributed by atoms with Gasteiger partial charge < -0.3 is 9.15 Å². The molecule has 0 aliphatic heterocycles. The Kier molecular flexibility index (Phi) is 4.23. The quantitative estimate of drug-likeness (QED) is 0.558. The second-order valence-corrected chi connectivity index (χ2v) is 7.14. The molecule has 1 aliphatic rings. The van der Waals surface area contributed by atoms with Crippen molar-refractivity contribution in [2.45, 2.75) is 27.2 Å². The number of carbonyl (C=O) groups excluding carboxylic acids is 1. The fourth-order valence-electron chi connectivity index (χ4n) is 3.99. The molecule has 136 valence electrons. The predicted molar refractivity (Wildman–Crippen MR) is 108 cm³/mol. The van der Waals surface area contributed by atoms with E-state index in [1.165, 1.54) is 5.56 Å². The molecule has 1 aromatic heterocycles. The molecule has 4 rings (SSSR count). The molecular weight excluding hydrogens is 336 g/mol. The SMILES string of the molecule is COC1=C(c2c(C)cc(C)cc2C)C(=O)C(=Cc2cc3ccccc3o2)C1. The second kappa shape index (κ2) is 6.58. The summed E-state index contributed by atoms with van der Waals surface area (Å²) in [6.45, 7) is 6.16. The van der Waals surface area contributed by atoms with Gasteiger partial charge in [-0.25, -0.2) is 0 Å². The lowest BCUT2D eigenvalue weighted by Gasteiger charge is -2.13. The van der Waals surface area contributed by atoms with Crippen molar-refractivity contribution in [2.24, 2.45) is 0 Å². The van der Waals surface area contributed by atoms with Gasteiger partial charge in [-0.05, 0) is 55.7 Å². The Morgan fingerprint density at radius 2 is 1.74 bits per heavy atom. The molecule has 3 heteroatoms. The zero-order valence-corrected chi connectivity index (χ0v) is 16.1. The minimum Gasteiger partial charge on any atom is -0.500 e. The van der Waals surface area contributed by atoms with Crippen molar-refractivity contribution in [2.75, 3.05) is 7.11 Å². The number of aryl methyl sites for hydroxylation is 3. The molecule has 0 saturated heterocycles. The lowest BCUT2D eigenvalue weighted by Crippen LogP contribution is -2.04. The van der Waals surface area contributed by atoms with Crippen LogP contribution < -0.4 is 0 Å². The zero-order chi connectivity index (χ0) is 19.1. The largest absolute Gasteiger partial charge is 0.500 e. The Balaban J connectivity index is 1.78. The predicted octanol–water partition coefficient (Wildman–Crippen LogP) is 5.77. The van der Waals surface area contributed by atoms with Crippen LogP contribution in [-0.2, 0) is 9.53 Å². The first kappa shape index (κ1) is 17.3. The number of methoxy groups -OCH3 is 1. The number of carbonyl (C=O) groups is 1. The van der Waals surface area contributed by atoms with Crippen LogP contribution in [0.3, 0.4) is 0 Å². The fourth-order valence-corrected chi connectivity index (χ4v) is 3.99. The normalized spacial score (nSPS) is 16.0. The van der Waals surface area contributed by atoms with Gasteiger partial charge in [-0.2, -0.15) is 0 Å². The molecule has 0 saturated carbocycles. The van der Waals surface area contributed by atoms with Crippen LogP contribution in [0.2, 0.25) is 0 Å². The van der Waals surface area contributed by atoms with E-state index in [1.54, 1.807) is 7.11 Å². The van der Waals surface area contributed by atoms with Gasteiger partial charge in [-0.3, -0.25) is 4.79 Å². The minimum atomic E-state index is 0.0161. The second-order valence-electron chi connectivity index (χ2n) is 7.14. The van der Waals surface area contributed by atoms with E-state index in [4.69, 9.17) is 9.15 Å². The van der Waals surface area contributed by atoms with Crippen molar-refractivity contribution in [3.63, 3.8) is 0 Å². The third kappa shape index (κ3) is 2.99. The molecular formula is C24H22O3. The van der Waals surface area contributed by atoms with Gasteiger partial charge in [0.25, 0.3) is 0 Å². The molecule has 3 nitrogen and oxygen atoms in total. The third-order valence-corrected chi connectivity index (χ3v) is 5.08. The van der Waals surface area contributed by atoms with Crippen LogP contribution in [0.15, 0.2) is 58.2 Å². The van der Waals surface area contributed by atoms with Crippen LogP contribution in [-0.4, -0.2) is 12.9 Å². The summed E-state index contributed by atoms with van der Waals surface area (Å²) in [4.78, 5) is 13.2. The van der Waals surface area contributed by atoms with Gasteiger partial charge in [-0.1, -0.05) is 35.9 Å². The summed E-state index contributed by atoms with van der Waals surface area (Å²) in [7, 11) is 1.63. The molecule has 27 heavy (non-hydrogen) atoms. The van der Waals surface area contributed by atoms with E-state index in [0.717, 1.165) is 33.4 Å². The first-order valence-corrected chi connectivity index (χ1v) is 9.07. The van der Waals surface area contributed by atoms with Crippen LogP contribution >= 0.6 is 0 Å². The summed E-state index contributed by atoms with van der Waals surface area (Å²) >= 11 is 0. The average molecular weight is 358 g/mol. The van der Waals surface area contributed by atoms with Gasteiger partial charge in [0.05, 0.1) is 12.7 Å². The number of furan rings is 1. The molecule has 0 unspecified atom stereocenters. The topological polar surface area (TPSA) is 39.4 Å². The van der Waals surface area contributed by atoms with Gasteiger partial charge in [0.15, 0.2) is 5.78 Å². The van der Waals surface area contributed by atoms with Crippen LogP contribution in [0.5, 0.6) is 0 Å². The standard InChI is InChI=1S/C24H22O3/c1-14-9-15(2)22(16(3)10-14)23-21(26-4)13-18(24(23)25)12-19-11-17-7-5-6-8-20(17)27-19/h5-12H,13H2,1-4H3. The lowest BCUT2D eigenvalue weighted by molar-refractivity contribution is -0.110. The van der Waals surface area contributed by atoms with Gasteiger partial charge in [-0.15, -0.1) is 0 Å². The van der Waals surface area contributed by atoms with E-state index in [1.807, 2.05) is 50.3 Å². The number of fused-ring (bicyclic) bond motifs is 1. The fraction of sp³-hybridized carbons (Fsp3) is 0.208. The smallest absolute Gasteiger partial charge is 0.193 e. The Bertz CT molecular complexity index is 1070. The van der Waals surface area contributed by atoms with Crippen molar-refractivity contribution < 1.29 is 13.9 Å². The summed E-state index contributed by atoms with van der Waals surface area (Å²) in [5, 5.41) is 1.03. The Labute approximate surface area is 159 Å². The number of ether oxygens (including phenoxy) is 1. The highest BCUT2D eigenvalue weighted by atomic mass is 16.5. The third-order valence-electron chi connectivity index (χ3n) is 5.08. The maximum absolute atomic E-state index is 13.2. The number of ketones is 1. The molecule has 1 aliphatic carbocycles. The van der Waals surface area contributed by atoms with Crippen molar-refractivity contribution in [3.8, 4) is 0 Å². The van der Waals surface area contributed by atoms with E-state index in [0.29, 0.717) is 23.3 Å². The first-order valence-electron chi connectivity index (χ1n) is 9.07.